The minimum Gasteiger partial charge on any atom is -0.506 e. The molecule has 2 heterocycles. The van der Waals surface area contributed by atoms with Gasteiger partial charge in [-0.25, -0.2) is 16.8 Å². The molecule has 0 aromatic heterocycles. The lowest BCUT2D eigenvalue weighted by atomic mass is 10.0. The van der Waals surface area contributed by atoms with Gasteiger partial charge in [-0.3, -0.25) is 4.79 Å². The van der Waals surface area contributed by atoms with E-state index in [-0.39, 0.29) is 25.8 Å². The van der Waals surface area contributed by atoms with Gasteiger partial charge in [0.05, 0.1) is 9.79 Å². The van der Waals surface area contributed by atoms with E-state index in [4.69, 9.17) is 0 Å². The molecule has 6 rings (SSSR count). The maximum Gasteiger partial charge on any atom is 0.211 e. The number of hydrogen-bond acceptors (Lipinski definition) is 6. The van der Waals surface area contributed by atoms with Crippen molar-refractivity contribution >= 4 is 52.8 Å². The minimum absolute atomic E-state index is 0.00356. The molecule has 0 saturated carbocycles. The molecule has 2 aliphatic heterocycles. The number of sulfone groups is 2. The van der Waals surface area contributed by atoms with Gasteiger partial charge >= 0.3 is 0 Å². The van der Waals surface area contributed by atoms with Gasteiger partial charge in [0.25, 0.3) is 0 Å². The molecule has 35 heavy (non-hydrogen) atoms. The number of allylic oxidation sites excluding steroid dienone is 4. The zero-order chi connectivity index (χ0) is 24.5. The number of fused-ring (bicyclic) bond motifs is 6. The molecule has 6 nitrogen and oxygen atoms in total. The lowest BCUT2D eigenvalue weighted by Gasteiger charge is -2.05. The number of hydrogen-bond donors (Lipinski definition) is 1. The van der Waals surface area contributed by atoms with Gasteiger partial charge in [0.15, 0.2) is 0 Å². The lowest BCUT2D eigenvalue weighted by Crippen LogP contribution is -2.02. The van der Waals surface area contributed by atoms with E-state index >= 15 is 0 Å². The molecular weight excluding hydrogens is 484 g/mol. The molecule has 0 saturated heterocycles. The quantitative estimate of drug-likeness (QED) is 0.383. The molecule has 0 spiro atoms. The van der Waals surface area contributed by atoms with E-state index in [1.54, 1.807) is 60.7 Å². The molecule has 0 atom stereocenters. The van der Waals surface area contributed by atoms with Gasteiger partial charge in [-0.1, -0.05) is 66.7 Å². The van der Waals surface area contributed by atoms with E-state index in [2.05, 4.69) is 0 Å². The zero-order valence-corrected chi connectivity index (χ0v) is 19.6. The highest BCUT2D eigenvalue weighted by atomic mass is 32.2. The Hall–Kier alpha value is -4.01. The molecule has 2 aliphatic rings. The summed E-state index contributed by atoms with van der Waals surface area (Å²) in [6.45, 7) is 0. The van der Waals surface area contributed by atoms with Crippen LogP contribution in [-0.4, -0.2) is 27.7 Å². The Morgan fingerprint density at radius 1 is 0.657 bits per heavy atom. The van der Waals surface area contributed by atoms with Gasteiger partial charge in [-0.2, -0.15) is 0 Å². The summed E-state index contributed by atoms with van der Waals surface area (Å²) in [7, 11) is -8.17. The predicted molar refractivity (Wildman–Crippen MR) is 133 cm³/mol. The third-order valence-corrected chi connectivity index (χ3v) is 10.1. The standard InChI is InChI=1S/C27H16O6S2/c28-24-20-14-12-16-6-1-3-8-18(16)26(20)34(30,31)22(24)10-5-11-23-25(29)21-15-13-17-7-2-4-9-19(17)27(21)35(23,32)33/h1-15,28H/b10-5+,23-11-. The number of carbonyl (C=O) groups excluding carboxylic acids is 1. The van der Waals surface area contributed by atoms with E-state index in [9.17, 15) is 26.7 Å². The Labute approximate surface area is 201 Å². The van der Waals surface area contributed by atoms with Crippen molar-refractivity contribution in [2.45, 2.75) is 9.79 Å². The maximum atomic E-state index is 13.3. The highest BCUT2D eigenvalue weighted by molar-refractivity contribution is 7.97. The molecule has 8 heteroatoms. The van der Waals surface area contributed by atoms with Gasteiger partial charge in [0, 0.05) is 21.9 Å². The highest BCUT2D eigenvalue weighted by Gasteiger charge is 2.40. The fourth-order valence-corrected chi connectivity index (χ4v) is 8.25. The summed E-state index contributed by atoms with van der Waals surface area (Å²) >= 11 is 0. The average Bonchev–Trinajstić information content (AvgIpc) is 3.17. The van der Waals surface area contributed by atoms with Crippen molar-refractivity contribution in [2.75, 3.05) is 0 Å². The van der Waals surface area contributed by atoms with Crippen molar-refractivity contribution in [1.82, 2.24) is 0 Å². The number of benzene rings is 4. The Morgan fingerprint density at radius 3 is 1.83 bits per heavy atom. The number of rotatable bonds is 2. The summed E-state index contributed by atoms with van der Waals surface area (Å²) in [5.74, 6) is -1.08. The van der Waals surface area contributed by atoms with E-state index in [1.807, 2.05) is 0 Å². The summed E-state index contributed by atoms with van der Waals surface area (Å²) in [5.41, 5.74) is 0.261. The van der Waals surface area contributed by atoms with Crippen molar-refractivity contribution in [3.8, 4) is 0 Å². The molecule has 4 aromatic carbocycles. The SMILES string of the molecule is O=C1/C(=C/C=C/C2=C(O)c3ccc4ccccc4c3S2(=O)=O)S(=O)(=O)c2c1ccc1ccccc21. The Balaban J connectivity index is 1.45. The fraction of sp³-hybridized carbons (Fsp3) is 0. The van der Waals surface area contributed by atoms with E-state index < -0.39 is 36.1 Å². The van der Waals surface area contributed by atoms with Gasteiger partial charge in [-0.05, 0) is 35.1 Å². The molecule has 0 unspecified atom stereocenters. The van der Waals surface area contributed by atoms with Crippen molar-refractivity contribution in [2.24, 2.45) is 0 Å². The van der Waals surface area contributed by atoms with Crippen LogP contribution in [0, 0.1) is 0 Å². The van der Waals surface area contributed by atoms with E-state index in [0.717, 1.165) is 12.2 Å². The Bertz CT molecular complexity index is 1940. The molecule has 0 radical (unpaired) electrons. The topological polar surface area (TPSA) is 106 Å². The second-order valence-corrected chi connectivity index (χ2v) is 12.0. The number of carbonyl (C=O) groups is 1. The van der Waals surface area contributed by atoms with E-state index in [0.29, 0.717) is 21.5 Å². The molecule has 0 aliphatic carbocycles. The highest BCUT2D eigenvalue weighted by Crippen LogP contribution is 2.43. The molecule has 0 fully saturated rings. The smallest absolute Gasteiger partial charge is 0.211 e. The molecule has 172 valence electrons. The zero-order valence-electron chi connectivity index (χ0n) is 18.0. The van der Waals surface area contributed by atoms with E-state index in [1.165, 1.54) is 18.2 Å². The summed E-state index contributed by atoms with van der Waals surface area (Å²) < 4.78 is 53.1. The van der Waals surface area contributed by atoms with Crippen LogP contribution in [0.4, 0.5) is 0 Å². The average molecular weight is 501 g/mol. The van der Waals surface area contributed by atoms with Crippen LogP contribution < -0.4 is 0 Å². The normalized spacial score (nSPS) is 19.2. The predicted octanol–water partition coefficient (Wildman–Crippen LogP) is 5.12. The largest absolute Gasteiger partial charge is 0.506 e. The van der Waals surface area contributed by atoms with Gasteiger partial charge in [-0.15, -0.1) is 0 Å². The Kier molecular flexibility index (Phi) is 4.45. The van der Waals surface area contributed by atoms with Crippen molar-refractivity contribution < 1.29 is 26.7 Å². The van der Waals surface area contributed by atoms with Crippen LogP contribution >= 0.6 is 0 Å². The van der Waals surface area contributed by atoms with Crippen LogP contribution in [0.15, 0.2) is 111 Å². The minimum atomic E-state index is -4.11. The maximum absolute atomic E-state index is 13.3. The number of Topliss-reactive ketones (excluding diaryl/α,β-unsaturated/α-hetero) is 1. The second kappa shape index (κ2) is 7.24. The third-order valence-electron chi connectivity index (χ3n) is 6.33. The molecular formula is C27H16O6S2. The van der Waals surface area contributed by atoms with Crippen molar-refractivity contribution in [1.29, 1.82) is 0 Å². The van der Waals surface area contributed by atoms with Gasteiger partial charge in [0.1, 0.15) is 15.6 Å². The number of ketones is 1. The third kappa shape index (κ3) is 2.90. The first-order valence-electron chi connectivity index (χ1n) is 10.6. The fourth-order valence-electron chi connectivity index (χ4n) is 4.72. The van der Waals surface area contributed by atoms with Crippen LogP contribution in [0.2, 0.25) is 0 Å². The van der Waals surface area contributed by atoms with Crippen LogP contribution in [0.1, 0.15) is 15.9 Å². The summed E-state index contributed by atoms with van der Waals surface area (Å²) in [4.78, 5) is 12.1. The first kappa shape index (κ1) is 21.5. The molecule has 0 amide bonds. The summed E-state index contributed by atoms with van der Waals surface area (Å²) in [5, 5.41) is 13.0. The number of aliphatic hydroxyl groups excluding tert-OH is 1. The summed E-state index contributed by atoms with van der Waals surface area (Å²) in [6.07, 6.45) is 3.38. The lowest BCUT2D eigenvalue weighted by molar-refractivity contribution is 0.104. The molecule has 0 bridgehead atoms. The van der Waals surface area contributed by atoms with Crippen molar-refractivity contribution in [3.05, 3.63) is 112 Å². The first-order valence-corrected chi connectivity index (χ1v) is 13.6. The Morgan fingerprint density at radius 2 is 1.20 bits per heavy atom. The number of aliphatic hydroxyl groups is 1. The molecule has 4 aromatic rings. The second-order valence-electron chi connectivity index (χ2n) is 8.27. The molecule has 1 N–H and O–H groups in total. The summed E-state index contributed by atoms with van der Waals surface area (Å²) in [6, 6.07) is 20.3. The monoisotopic (exact) mass is 500 g/mol. The van der Waals surface area contributed by atoms with Crippen LogP contribution in [0.25, 0.3) is 27.3 Å². The first-order chi connectivity index (χ1) is 16.7. The van der Waals surface area contributed by atoms with Crippen LogP contribution in [0.3, 0.4) is 0 Å². The van der Waals surface area contributed by atoms with Crippen LogP contribution in [0.5, 0.6) is 0 Å². The van der Waals surface area contributed by atoms with Crippen LogP contribution in [-0.2, 0) is 19.7 Å². The van der Waals surface area contributed by atoms with Crippen molar-refractivity contribution in [3.63, 3.8) is 0 Å². The van der Waals surface area contributed by atoms with Gasteiger partial charge < -0.3 is 5.11 Å². The van der Waals surface area contributed by atoms with Gasteiger partial charge in [0.2, 0.25) is 25.5 Å².